The fourth-order valence-electron chi connectivity index (χ4n) is 2.89. The Labute approximate surface area is 130 Å². The minimum absolute atomic E-state index is 0.246. The zero-order valence-corrected chi connectivity index (χ0v) is 12.7. The number of aromatic nitrogens is 3. The van der Waals surface area contributed by atoms with Gasteiger partial charge in [-0.1, -0.05) is 0 Å². The Balaban J connectivity index is 1.58. The number of nitrogens with one attached hydrogen (secondary N) is 1. The lowest BCUT2D eigenvalue weighted by atomic mass is 10.2. The molecule has 3 rings (SSSR count). The third-order valence-corrected chi connectivity index (χ3v) is 3.99. The van der Waals surface area contributed by atoms with Gasteiger partial charge in [-0.2, -0.15) is 5.10 Å². The van der Waals surface area contributed by atoms with E-state index in [1.54, 1.807) is 12.3 Å². The van der Waals surface area contributed by atoms with Crippen molar-refractivity contribution in [3.8, 4) is 5.75 Å². The maximum absolute atomic E-state index is 9.83. The molecule has 0 amide bonds. The zero-order valence-electron chi connectivity index (χ0n) is 12.7. The van der Waals surface area contributed by atoms with E-state index in [2.05, 4.69) is 25.4 Å². The lowest BCUT2D eigenvalue weighted by Gasteiger charge is -2.25. The molecule has 0 aliphatic carbocycles. The van der Waals surface area contributed by atoms with Crippen molar-refractivity contribution in [2.24, 2.45) is 0 Å². The van der Waals surface area contributed by atoms with Gasteiger partial charge in [0.05, 0.1) is 5.69 Å². The molecule has 2 aromatic heterocycles. The molecule has 0 spiro atoms. The number of aryl methyl sites for hydroxylation is 1. The highest BCUT2D eigenvalue weighted by Crippen LogP contribution is 2.22. The van der Waals surface area contributed by atoms with Crippen LogP contribution in [0.4, 0.5) is 5.82 Å². The lowest BCUT2D eigenvalue weighted by Crippen LogP contribution is -2.38. The van der Waals surface area contributed by atoms with Crippen LogP contribution >= 0.6 is 0 Å². The minimum atomic E-state index is 0.246. The average Bonchev–Trinajstić information content (AvgIpc) is 3.00. The van der Waals surface area contributed by atoms with Crippen molar-refractivity contribution < 1.29 is 5.11 Å². The quantitative estimate of drug-likeness (QED) is 0.874. The number of aromatic hydroxyl groups is 1. The van der Waals surface area contributed by atoms with Gasteiger partial charge in [0.2, 0.25) is 0 Å². The van der Waals surface area contributed by atoms with Gasteiger partial charge >= 0.3 is 0 Å². The summed E-state index contributed by atoms with van der Waals surface area (Å²) in [5, 5.41) is 21.4. The third kappa shape index (κ3) is 3.33. The summed E-state index contributed by atoms with van der Waals surface area (Å²) < 4.78 is 0. The molecule has 6 heteroatoms. The normalized spacial score (nSPS) is 17.9. The van der Waals surface area contributed by atoms with E-state index in [4.69, 9.17) is 0 Å². The first-order valence-corrected chi connectivity index (χ1v) is 7.64. The van der Waals surface area contributed by atoms with E-state index in [1.165, 1.54) is 0 Å². The molecule has 3 heterocycles. The van der Waals surface area contributed by atoms with Crippen LogP contribution < -0.4 is 10.2 Å². The predicted octanol–water partition coefficient (Wildman–Crippen LogP) is 1.64. The van der Waals surface area contributed by atoms with Gasteiger partial charge < -0.3 is 15.3 Å². The van der Waals surface area contributed by atoms with Crippen molar-refractivity contribution in [3.63, 3.8) is 0 Å². The molecule has 1 atom stereocenters. The number of hydrogen-bond acceptors (Lipinski definition) is 6. The molecule has 1 saturated heterocycles. The van der Waals surface area contributed by atoms with Crippen molar-refractivity contribution in [2.75, 3.05) is 18.0 Å². The molecular weight excluding hydrogens is 278 g/mol. The number of anilines is 1. The van der Waals surface area contributed by atoms with Crippen LogP contribution in [0.25, 0.3) is 0 Å². The first-order valence-electron chi connectivity index (χ1n) is 7.64. The van der Waals surface area contributed by atoms with Crippen LogP contribution in [0.3, 0.4) is 0 Å². The second kappa shape index (κ2) is 6.70. The van der Waals surface area contributed by atoms with Gasteiger partial charge in [-0.3, -0.25) is 4.98 Å². The monoisotopic (exact) mass is 299 g/mol. The summed E-state index contributed by atoms with van der Waals surface area (Å²) in [5.41, 5.74) is 1.61. The number of rotatable bonds is 5. The van der Waals surface area contributed by atoms with Crippen LogP contribution in [0.2, 0.25) is 0 Å². The SMILES string of the molecule is Cc1ccc(O)c(CNC[C@H]2CCCN2c2cccnn2)n1. The third-order valence-electron chi connectivity index (χ3n) is 3.99. The number of pyridine rings is 1. The van der Waals surface area contributed by atoms with Crippen molar-refractivity contribution in [3.05, 3.63) is 41.9 Å². The van der Waals surface area contributed by atoms with Crippen LogP contribution in [0.5, 0.6) is 5.75 Å². The second-order valence-electron chi connectivity index (χ2n) is 5.62. The Bertz CT molecular complexity index is 619. The van der Waals surface area contributed by atoms with Gasteiger partial charge in [-0.25, -0.2) is 0 Å². The fraction of sp³-hybridized carbons (Fsp3) is 0.438. The van der Waals surface area contributed by atoms with Gasteiger partial charge in [0.15, 0.2) is 5.82 Å². The molecule has 22 heavy (non-hydrogen) atoms. The molecule has 2 N–H and O–H groups in total. The highest BCUT2D eigenvalue weighted by molar-refractivity contribution is 5.39. The largest absolute Gasteiger partial charge is 0.506 e. The molecule has 0 saturated carbocycles. The highest BCUT2D eigenvalue weighted by atomic mass is 16.3. The Morgan fingerprint density at radius 1 is 1.36 bits per heavy atom. The Morgan fingerprint density at radius 3 is 3.09 bits per heavy atom. The average molecular weight is 299 g/mol. The smallest absolute Gasteiger partial charge is 0.151 e. The van der Waals surface area contributed by atoms with E-state index < -0.39 is 0 Å². The second-order valence-corrected chi connectivity index (χ2v) is 5.62. The van der Waals surface area contributed by atoms with Gasteiger partial charge in [0.25, 0.3) is 0 Å². The zero-order chi connectivity index (χ0) is 15.4. The molecular formula is C16H21N5O. The molecule has 0 radical (unpaired) electrons. The van der Waals surface area contributed by atoms with E-state index in [0.717, 1.165) is 37.4 Å². The minimum Gasteiger partial charge on any atom is -0.506 e. The summed E-state index contributed by atoms with van der Waals surface area (Å²) in [5.74, 6) is 1.18. The lowest BCUT2D eigenvalue weighted by molar-refractivity contribution is 0.456. The van der Waals surface area contributed by atoms with E-state index in [1.807, 2.05) is 25.1 Å². The summed E-state index contributed by atoms with van der Waals surface area (Å²) in [4.78, 5) is 6.66. The van der Waals surface area contributed by atoms with Crippen molar-refractivity contribution in [2.45, 2.75) is 32.4 Å². The topological polar surface area (TPSA) is 74.2 Å². The van der Waals surface area contributed by atoms with Gasteiger partial charge in [-0.15, -0.1) is 5.10 Å². The van der Waals surface area contributed by atoms with Crippen molar-refractivity contribution in [1.29, 1.82) is 0 Å². The first kappa shape index (κ1) is 14.7. The van der Waals surface area contributed by atoms with Crippen molar-refractivity contribution in [1.82, 2.24) is 20.5 Å². The van der Waals surface area contributed by atoms with Gasteiger partial charge in [0, 0.05) is 37.6 Å². The first-order chi connectivity index (χ1) is 10.7. The van der Waals surface area contributed by atoms with Crippen LogP contribution in [-0.4, -0.2) is 39.4 Å². The molecule has 1 fully saturated rings. The van der Waals surface area contributed by atoms with Crippen LogP contribution in [-0.2, 0) is 6.54 Å². The maximum atomic E-state index is 9.83. The maximum Gasteiger partial charge on any atom is 0.151 e. The van der Waals surface area contributed by atoms with E-state index in [-0.39, 0.29) is 5.75 Å². The fourth-order valence-corrected chi connectivity index (χ4v) is 2.89. The van der Waals surface area contributed by atoms with E-state index in [0.29, 0.717) is 18.3 Å². The predicted molar refractivity (Wildman–Crippen MR) is 84.7 cm³/mol. The summed E-state index contributed by atoms with van der Waals surface area (Å²) in [7, 11) is 0. The van der Waals surface area contributed by atoms with Crippen LogP contribution in [0, 0.1) is 6.92 Å². The number of hydrogen-bond donors (Lipinski definition) is 2. The summed E-state index contributed by atoms with van der Waals surface area (Å²) in [6.07, 6.45) is 3.99. The molecule has 0 bridgehead atoms. The summed E-state index contributed by atoms with van der Waals surface area (Å²) in [6.45, 7) is 4.35. The van der Waals surface area contributed by atoms with Crippen LogP contribution in [0.1, 0.15) is 24.2 Å². The van der Waals surface area contributed by atoms with Crippen molar-refractivity contribution >= 4 is 5.82 Å². The molecule has 1 aliphatic rings. The van der Waals surface area contributed by atoms with E-state index in [9.17, 15) is 5.11 Å². The summed E-state index contributed by atoms with van der Waals surface area (Å²) >= 11 is 0. The molecule has 0 unspecified atom stereocenters. The van der Waals surface area contributed by atoms with Crippen LogP contribution in [0.15, 0.2) is 30.5 Å². The highest BCUT2D eigenvalue weighted by Gasteiger charge is 2.25. The summed E-state index contributed by atoms with van der Waals surface area (Å²) in [6, 6.07) is 7.83. The van der Waals surface area contributed by atoms with Gasteiger partial charge in [0.1, 0.15) is 5.75 Å². The number of nitrogens with zero attached hydrogens (tertiary/aromatic N) is 4. The molecule has 6 nitrogen and oxygen atoms in total. The Kier molecular flexibility index (Phi) is 4.48. The molecule has 1 aliphatic heterocycles. The molecule has 2 aromatic rings. The molecule has 116 valence electrons. The molecule has 0 aromatic carbocycles. The van der Waals surface area contributed by atoms with E-state index >= 15 is 0 Å². The van der Waals surface area contributed by atoms with Gasteiger partial charge in [-0.05, 0) is 44.0 Å². The standard InChI is InChI=1S/C16H21N5O/c1-12-6-7-15(22)14(19-12)11-17-10-13-4-3-9-21(13)16-5-2-8-18-20-16/h2,5-8,13,17,22H,3-4,9-11H2,1H3/t13-/m1/s1. The Morgan fingerprint density at radius 2 is 2.27 bits per heavy atom. The Hall–Kier alpha value is -2.21.